The van der Waals surface area contributed by atoms with Gasteiger partial charge in [0, 0.05) is 23.2 Å². The zero-order valence-electron chi connectivity index (χ0n) is 15.7. The van der Waals surface area contributed by atoms with Gasteiger partial charge >= 0.3 is 0 Å². The number of carbonyl (C=O) groups is 1. The van der Waals surface area contributed by atoms with E-state index in [0.29, 0.717) is 29.1 Å². The number of rotatable bonds is 2. The Morgan fingerprint density at radius 1 is 1.07 bits per heavy atom. The van der Waals surface area contributed by atoms with Gasteiger partial charge in [-0.15, -0.1) is 0 Å². The Morgan fingerprint density at radius 3 is 2.52 bits per heavy atom. The van der Waals surface area contributed by atoms with E-state index in [1.54, 1.807) is 22.8 Å². The molecule has 29 heavy (non-hydrogen) atoms. The van der Waals surface area contributed by atoms with Gasteiger partial charge in [-0.1, -0.05) is 35.9 Å². The molecule has 1 aliphatic carbocycles. The average Bonchev–Trinajstić information content (AvgIpc) is 3.02. The second-order valence-electron chi connectivity index (χ2n) is 7.42. The Labute approximate surface area is 172 Å². The minimum Gasteiger partial charge on any atom is -0.294 e. The number of Topliss-reactive ketones (excluding diaryl/α,β-unsaturated/α-hetero) is 1. The number of carbonyl (C=O) groups excluding carboxylic acids is 1. The molecule has 1 aliphatic rings. The molecule has 2 heterocycles. The SMILES string of the molecule is Cc1nn2cc3c(nc2c1-c1ccc(F)cc1)CC(c1ccc(Cl)cc1)CC3=O. The van der Waals surface area contributed by atoms with Crippen molar-refractivity contribution in [3.63, 3.8) is 0 Å². The first-order valence-electron chi connectivity index (χ1n) is 9.43. The smallest absolute Gasteiger partial charge is 0.166 e. The van der Waals surface area contributed by atoms with Crippen LogP contribution in [0.1, 0.15) is 39.6 Å². The Balaban J connectivity index is 1.62. The lowest BCUT2D eigenvalue weighted by Gasteiger charge is -2.23. The van der Waals surface area contributed by atoms with E-state index in [0.717, 1.165) is 28.1 Å². The van der Waals surface area contributed by atoms with Crippen LogP contribution in [0.15, 0.2) is 54.7 Å². The van der Waals surface area contributed by atoms with Crippen LogP contribution in [0.3, 0.4) is 0 Å². The first-order chi connectivity index (χ1) is 14.0. The van der Waals surface area contributed by atoms with Crippen molar-refractivity contribution >= 4 is 23.0 Å². The number of hydrogen-bond donors (Lipinski definition) is 0. The highest BCUT2D eigenvalue weighted by molar-refractivity contribution is 6.30. The number of ketones is 1. The van der Waals surface area contributed by atoms with Crippen LogP contribution in [0.5, 0.6) is 0 Å². The molecule has 0 saturated carbocycles. The summed E-state index contributed by atoms with van der Waals surface area (Å²) in [5, 5.41) is 5.21. The molecule has 6 heteroatoms. The zero-order valence-corrected chi connectivity index (χ0v) is 16.4. The van der Waals surface area contributed by atoms with Crippen molar-refractivity contribution in [1.82, 2.24) is 14.6 Å². The molecule has 0 saturated heterocycles. The van der Waals surface area contributed by atoms with Gasteiger partial charge in [0.25, 0.3) is 0 Å². The Bertz CT molecular complexity index is 1250. The molecule has 1 unspecified atom stereocenters. The molecule has 0 N–H and O–H groups in total. The summed E-state index contributed by atoms with van der Waals surface area (Å²) in [5.74, 6) is -0.151. The van der Waals surface area contributed by atoms with Crippen molar-refractivity contribution in [1.29, 1.82) is 0 Å². The number of nitrogens with zero attached hydrogens (tertiary/aromatic N) is 3. The number of benzene rings is 2. The predicted octanol–water partition coefficient (Wildman–Crippen LogP) is 5.41. The summed E-state index contributed by atoms with van der Waals surface area (Å²) in [5.41, 5.74) is 5.65. The summed E-state index contributed by atoms with van der Waals surface area (Å²) in [6.45, 7) is 1.89. The molecule has 4 nitrogen and oxygen atoms in total. The van der Waals surface area contributed by atoms with Gasteiger partial charge in [0.1, 0.15) is 5.82 Å². The second kappa shape index (κ2) is 6.78. The summed E-state index contributed by atoms with van der Waals surface area (Å²) in [7, 11) is 0. The van der Waals surface area contributed by atoms with E-state index in [4.69, 9.17) is 16.6 Å². The molecule has 0 radical (unpaired) electrons. The number of aromatic nitrogens is 3. The summed E-state index contributed by atoms with van der Waals surface area (Å²) in [4.78, 5) is 17.7. The molecule has 144 valence electrons. The van der Waals surface area contributed by atoms with Gasteiger partial charge in [0.15, 0.2) is 11.4 Å². The highest BCUT2D eigenvalue weighted by atomic mass is 35.5. The van der Waals surface area contributed by atoms with Crippen LogP contribution in [-0.4, -0.2) is 20.4 Å². The fourth-order valence-corrected chi connectivity index (χ4v) is 4.20. The average molecular weight is 406 g/mol. The highest BCUT2D eigenvalue weighted by Gasteiger charge is 2.29. The molecule has 0 fully saturated rings. The molecule has 0 aliphatic heterocycles. The third-order valence-corrected chi connectivity index (χ3v) is 5.76. The zero-order chi connectivity index (χ0) is 20.1. The standard InChI is InChI=1S/C23H17ClFN3O/c1-13-22(15-4-8-18(25)9-5-15)23-26-20-10-16(14-2-6-17(24)7-3-14)11-21(29)19(20)12-28(23)27-13/h2-9,12,16H,10-11H2,1H3. The molecular formula is C23H17ClFN3O. The van der Waals surface area contributed by atoms with Gasteiger partial charge < -0.3 is 0 Å². The maximum atomic E-state index is 13.4. The van der Waals surface area contributed by atoms with E-state index < -0.39 is 0 Å². The number of hydrogen-bond acceptors (Lipinski definition) is 3. The van der Waals surface area contributed by atoms with E-state index >= 15 is 0 Å². The van der Waals surface area contributed by atoms with Gasteiger partial charge in [-0.05, 0) is 54.7 Å². The van der Waals surface area contributed by atoms with Crippen molar-refractivity contribution < 1.29 is 9.18 Å². The van der Waals surface area contributed by atoms with Crippen LogP contribution in [0.25, 0.3) is 16.8 Å². The van der Waals surface area contributed by atoms with Gasteiger partial charge in [0.05, 0.1) is 17.0 Å². The maximum Gasteiger partial charge on any atom is 0.166 e. The van der Waals surface area contributed by atoms with Crippen molar-refractivity contribution in [3.8, 4) is 11.1 Å². The third kappa shape index (κ3) is 3.12. The molecule has 4 aromatic rings. The molecular weight excluding hydrogens is 389 g/mol. The molecule has 0 amide bonds. The lowest BCUT2D eigenvalue weighted by Crippen LogP contribution is -2.21. The summed E-state index contributed by atoms with van der Waals surface area (Å²) < 4.78 is 15.0. The van der Waals surface area contributed by atoms with Crippen LogP contribution >= 0.6 is 11.6 Å². The van der Waals surface area contributed by atoms with Gasteiger partial charge in [-0.3, -0.25) is 4.79 Å². The number of halogens is 2. The second-order valence-corrected chi connectivity index (χ2v) is 7.85. The topological polar surface area (TPSA) is 47.3 Å². The largest absolute Gasteiger partial charge is 0.294 e. The Hall–Kier alpha value is -3.05. The van der Waals surface area contributed by atoms with Crippen LogP contribution in [0, 0.1) is 12.7 Å². The van der Waals surface area contributed by atoms with Crippen LogP contribution < -0.4 is 0 Å². The summed E-state index contributed by atoms with van der Waals surface area (Å²) in [6, 6.07) is 13.9. The summed E-state index contributed by atoms with van der Waals surface area (Å²) in [6.07, 6.45) is 2.89. The number of fused-ring (bicyclic) bond motifs is 2. The van der Waals surface area contributed by atoms with Crippen molar-refractivity contribution in [3.05, 3.63) is 88.1 Å². The highest BCUT2D eigenvalue weighted by Crippen LogP contribution is 2.34. The third-order valence-electron chi connectivity index (χ3n) is 5.51. The van der Waals surface area contributed by atoms with E-state index in [1.807, 2.05) is 31.2 Å². The first-order valence-corrected chi connectivity index (χ1v) is 9.81. The number of aryl methyl sites for hydroxylation is 1. The minimum atomic E-state index is -0.287. The maximum absolute atomic E-state index is 13.4. The van der Waals surface area contributed by atoms with Gasteiger partial charge in [0.2, 0.25) is 0 Å². The van der Waals surface area contributed by atoms with Gasteiger partial charge in [-0.25, -0.2) is 13.9 Å². The fourth-order valence-electron chi connectivity index (χ4n) is 4.07. The van der Waals surface area contributed by atoms with Crippen LogP contribution in [-0.2, 0) is 6.42 Å². The van der Waals surface area contributed by atoms with E-state index in [-0.39, 0.29) is 17.5 Å². The van der Waals surface area contributed by atoms with E-state index in [9.17, 15) is 9.18 Å². The monoisotopic (exact) mass is 405 g/mol. The minimum absolute atomic E-state index is 0.0667. The van der Waals surface area contributed by atoms with Gasteiger partial charge in [-0.2, -0.15) is 5.10 Å². The quantitative estimate of drug-likeness (QED) is 0.448. The van der Waals surface area contributed by atoms with E-state index in [1.165, 1.54) is 12.1 Å². The van der Waals surface area contributed by atoms with Crippen molar-refractivity contribution in [2.45, 2.75) is 25.7 Å². The molecule has 0 spiro atoms. The van der Waals surface area contributed by atoms with Crippen LogP contribution in [0.4, 0.5) is 4.39 Å². The Kier molecular flexibility index (Phi) is 4.21. The lowest BCUT2D eigenvalue weighted by molar-refractivity contribution is 0.0962. The Morgan fingerprint density at radius 2 is 1.79 bits per heavy atom. The summed E-state index contributed by atoms with van der Waals surface area (Å²) >= 11 is 6.00. The normalized spacial score (nSPS) is 16.2. The predicted molar refractivity (Wildman–Crippen MR) is 110 cm³/mol. The van der Waals surface area contributed by atoms with Crippen molar-refractivity contribution in [2.75, 3.05) is 0 Å². The van der Waals surface area contributed by atoms with E-state index in [2.05, 4.69) is 5.10 Å². The van der Waals surface area contributed by atoms with Crippen LogP contribution in [0.2, 0.25) is 5.02 Å². The molecule has 2 aromatic heterocycles. The lowest BCUT2D eigenvalue weighted by atomic mass is 9.82. The van der Waals surface area contributed by atoms with Crippen molar-refractivity contribution in [2.24, 2.45) is 0 Å². The first kappa shape index (κ1) is 18.0. The molecule has 1 atom stereocenters. The molecule has 5 rings (SSSR count). The fraction of sp³-hybridized carbons (Fsp3) is 0.174. The molecule has 2 aromatic carbocycles. The molecule has 0 bridgehead atoms.